The van der Waals surface area contributed by atoms with Gasteiger partial charge in [-0.3, -0.25) is 14.3 Å². The number of carbonyl (C=O) groups is 1. The predicted octanol–water partition coefficient (Wildman–Crippen LogP) is 1.82. The van der Waals surface area contributed by atoms with Crippen molar-refractivity contribution in [2.24, 2.45) is 0 Å². The molecule has 2 aromatic heterocycles. The Morgan fingerprint density at radius 3 is 2.73 bits per heavy atom. The van der Waals surface area contributed by atoms with Crippen molar-refractivity contribution < 1.29 is 9.90 Å². The first kappa shape index (κ1) is 19.5. The number of hydrogen-bond acceptors (Lipinski definition) is 5. The molecule has 30 heavy (non-hydrogen) atoms. The van der Waals surface area contributed by atoms with Crippen LogP contribution in [0.2, 0.25) is 0 Å². The minimum absolute atomic E-state index is 0.111. The molecule has 8 nitrogen and oxygen atoms in total. The molecule has 152 valence electrons. The fourth-order valence-electron chi connectivity index (χ4n) is 3.70. The molecule has 0 saturated carbocycles. The zero-order chi connectivity index (χ0) is 21.3. The summed E-state index contributed by atoms with van der Waals surface area (Å²) in [7, 11) is 1.64. The molecular weight excluding hydrogens is 382 g/mol. The number of amides is 1. The lowest BCUT2D eigenvalue weighted by molar-refractivity contribution is 0.0667. The monoisotopic (exact) mass is 403 g/mol. The van der Waals surface area contributed by atoms with Gasteiger partial charge in [0.1, 0.15) is 11.7 Å². The van der Waals surface area contributed by atoms with Gasteiger partial charge in [-0.25, -0.2) is 4.68 Å². The molecule has 1 aliphatic rings. The van der Waals surface area contributed by atoms with E-state index in [1.807, 2.05) is 49.5 Å². The Balaban J connectivity index is 1.90. The van der Waals surface area contributed by atoms with Gasteiger partial charge in [-0.1, -0.05) is 43.2 Å². The highest BCUT2D eigenvalue weighted by Gasteiger charge is 2.38. The number of likely N-dealkylation sites (N-methyl/N-ethyl adjacent to an activating group) is 1. The van der Waals surface area contributed by atoms with Gasteiger partial charge in [0.25, 0.3) is 5.91 Å². The molecule has 3 aromatic rings. The van der Waals surface area contributed by atoms with E-state index in [1.165, 1.54) is 9.58 Å². The van der Waals surface area contributed by atoms with Gasteiger partial charge in [0.15, 0.2) is 11.4 Å². The van der Waals surface area contributed by atoms with E-state index in [-0.39, 0.29) is 11.7 Å². The van der Waals surface area contributed by atoms with Crippen molar-refractivity contribution in [3.63, 3.8) is 0 Å². The molecule has 0 saturated heterocycles. The summed E-state index contributed by atoms with van der Waals surface area (Å²) in [5, 5.41) is 19.1. The Morgan fingerprint density at radius 2 is 2.00 bits per heavy atom. The van der Waals surface area contributed by atoms with E-state index in [9.17, 15) is 14.7 Å². The fourth-order valence-corrected chi connectivity index (χ4v) is 3.70. The van der Waals surface area contributed by atoms with E-state index in [2.05, 4.69) is 22.0 Å². The molecular formula is C22H21N5O3. The SMILES string of the molecule is CCC#Cc1ccn([C@H](c2ccccc2)[C@@H]2CN(C)C(=O)c3c(O)c(=O)cnn32)n1. The first-order valence-corrected chi connectivity index (χ1v) is 9.66. The normalized spacial score (nSPS) is 16.5. The highest BCUT2D eigenvalue weighted by molar-refractivity contribution is 5.95. The quantitative estimate of drug-likeness (QED) is 0.674. The molecule has 4 rings (SSSR count). The number of aromatic hydroxyl groups is 1. The third-order valence-corrected chi connectivity index (χ3v) is 5.10. The second kappa shape index (κ2) is 7.87. The van der Waals surface area contributed by atoms with Gasteiger partial charge in [0.05, 0.1) is 12.2 Å². The van der Waals surface area contributed by atoms with Crippen LogP contribution >= 0.6 is 0 Å². The lowest BCUT2D eigenvalue weighted by Crippen LogP contribution is -2.46. The third kappa shape index (κ3) is 3.35. The molecule has 0 unspecified atom stereocenters. The van der Waals surface area contributed by atoms with Crippen LogP contribution in [0.4, 0.5) is 0 Å². The minimum atomic E-state index is -0.684. The van der Waals surface area contributed by atoms with Crippen LogP contribution in [-0.2, 0) is 0 Å². The van der Waals surface area contributed by atoms with Crippen LogP contribution in [0, 0.1) is 11.8 Å². The maximum Gasteiger partial charge on any atom is 0.275 e. The lowest BCUT2D eigenvalue weighted by atomic mass is 9.97. The van der Waals surface area contributed by atoms with Crippen LogP contribution in [0.5, 0.6) is 5.75 Å². The summed E-state index contributed by atoms with van der Waals surface area (Å²) >= 11 is 0. The van der Waals surface area contributed by atoms with Crippen LogP contribution in [0.25, 0.3) is 0 Å². The first-order valence-electron chi connectivity index (χ1n) is 9.66. The largest absolute Gasteiger partial charge is 0.502 e. The molecule has 0 radical (unpaired) electrons. The van der Waals surface area contributed by atoms with Crippen LogP contribution in [0.3, 0.4) is 0 Å². The summed E-state index contributed by atoms with van der Waals surface area (Å²) in [4.78, 5) is 26.1. The maximum atomic E-state index is 12.7. The summed E-state index contributed by atoms with van der Waals surface area (Å²) in [6.07, 6.45) is 3.61. The Kier molecular flexibility index (Phi) is 5.11. The van der Waals surface area contributed by atoms with Crippen molar-refractivity contribution in [2.75, 3.05) is 13.6 Å². The Morgan fingerprint density at radius 1 is 1.23 bits per heavy atom. The van der Waals surface area contributed by atoms with Gasteiger partial charge in [0, 0.05) is 26.2 Å². The molecule has 8 heteroatoms. The molecule has 2 atom stereocenters. The van der Waals surface area contributed by atoms with Gasteiger partial charge in [-0.05, 0) is 17.6 Å². The van der Waals surface area contributed by atoms with Gasteiger partial charge < -0.3 is 10.0 Å². The zero-order valence-corrected chi connectivity index (χ0v) is 16.7. The second-order valence-corrected chi connectivity index (χ2v) is 7.10. The van der Waals surface area contributed by atoms with Crippen molar-refractivity contribution in [1.82, 2.24) is 24.5 Å². The number of carbonyl (C=O) groups excluding carboxylic acids is 1. The number of fused-ring (bicyclic) bond motifs is 1. The molecule has 1 amide bonds. The fraction of sp³-hybridized carbons (Fsp3) is 0.273. The summed E-state index contributed by atoms with van der Waals surface area (Å²) in [6, 6.07) is 10.8. The van der Waals surface area contributed by atoms with Crippen LogP contribution < -0.4 is 5.43 Å². The minimum Gasteiger partial charge on any atom is -0.502 e. The smallest absolute Gasteiger partial charge is 0.275 e. The number of rotatable bonds is 3. The highest BCUT2D eigenvalue weighted by Crippen LogP contribution is 2.35. The lowest BCUT2D eigenvalue weighted by Gasteiger charge is -2.37. The third-order valence-electron chi connectivity index (χ3n) is 5.10. The Bertz CT molecular complexity index is 1200. The molecule has 3 heterocycles. The summed E-state index contributed by atoms with van der Waals surface area (Å²) < 4.78 is 3.24. The van der Waals surface area contributed by atoms with Gasteiger partial charge in [-0.2, -0.15) is 10.2 Å². The van der Waals surface area contributed by atoms with Gasteiger partial charge in [0.2, 0.25) is 5.43 Å². The van der Waals surface area contributed by atoms with Gasteiger partial charge >= 0.3 is 0 Å². The number of hydrogen-bond donors (Lipinski definition) is 1. The number of nitrogens with zero attached hydrogens (tertiary/aromatic N) is 5. The van der Waals surface area contributed by atoms with E-state index in [1.54, 1.807) is 11.7 Å². The van der Waals surface area contributed by atoms with E-state index in [0.717, 1.165) is 18.2 Å². The molecule has 1 N–H and O–H groups in total. The van der Waals surface area contributed by atoms with E-state index in [0.29, 0.717) is 12.2 Å². The predicted molar refractivity (Wildman–Crippen MR) is 110 cm³/mol. The first-order chi connectivity index (χ1) is 14.5. The molecule has 0 spiro atoms. The topological polar surface area (TPSA) is 93.3 Å². The Labute approximate surface area is 173 Å². The van der Waals surface area contributed by atoms with E-state index >= 15 is 0 Å². The van der Waals surface area contributed by atoms with Crippen LogP contribution in [-0.4, -0.2) is 49.1 Å². The summed E-state index contributed by atoms with van der Waals surface area (Å²) in [5.41, 5.74) is 0.805. The van der Waals surface area contributed by atoms with Crippen LogP contribution in [0.1, 0.15) is 47.2 Å². The van der Waals surface area contributed by atoms with Crippen molar-refractivity contribution in [2.45, 2.75) is 25.4 Å². The van der Waals surface area contributed by atoms with Crippen molar-refractivity contribution in [1.29, 1.82) is 0 Å². The Hall–Kier alpha value is -3.86. The second-order valence-electron chi connectivity index (χ2n) is 7.10. The maximum absolute atomic E-state index is 12.7. The molecule has 1 aromatic carbocycles. The highest BCUT2D eigenvalue weighted by atomic mass is 16.3. The molecule has 1 aliphatic heterocycles. The van der Waals surface area contributed by atoms with Crippen molar-refractivity contribution >= 4 is 5.91 Å². The van der Waals surface area contributed by atoms with Crippen molar-refractivity contribution in [3.8, 4) is 17.6 Å². The molecule has 0 fully saturated rings. The average Bonchev–Trinajstić information content (AvgIpc) is 3.21. The van der Waals surface area contributed by atoms with E-state index in [4.69, 9.17) is 0 Å². The molecule has 0 bridgehead atoms. The number of benzene rings is 1. The molecule has 0 aliphatic carbocycles. The summed E-state index contributed by atoms with van der Waals surface area (Å²) in [5.74, 6) is 5.00. The van der Waals surface area contributed by atoms with Crippen molar-refractivity contribution in [3.05, 3.63) is 76.0 Å². The standard InChI is InChI=1S/C22H21N5O3/c1-3-4-10-16-11-12-26(24-16)19(15-8-6-5-7-9-15)17-14-25(2)22(30)20-21(29)18(28)13-23-27(17)20/h5-9,11-13,17,19,29H,3,14H2,1-2H3/t17-,19+/m0/s1. The van der Waals surface area contributed by atoms with E-state index < -0.39 is 23.1 Å². The summed E-state index contributed by atoms with van der Waals surface area (Å²) in [6.45, 7) is 2.30. The average molecular weight is 403 g/mol. The number of aromatic nitrogens is 4. The van der Waals surface area contributed by atoms with Crippen LogP contribution in [0.15, 0.2) is 53.6 Å². The van der Waals surface area contributed by atoms with Gasteiger partial charge in [-0.15, -0.1) is 0 Å². The zero-order valence-electron chi connectivity index (χ0n) is 16.7.